The van der Waals surface area contributed by atoms with E-state index in [1.165, 1.54) is 0 Å². The van der Waals surface area contributed by atoms with Gasteiger partial charge in [-0.15, -0.1) is 0 Å². The molecule has 2 heterocycles. The molecule has 0 aromatic carbocycles. The van der Waals surface area contributed by atoms with Crippen LogP contribution in [0.15, 0.2) is 0 Å². The second-order valence-electron chi connectivity index (χ2n) is 5.95. The van der Waals surface area contributed by atoms with Crippen LogP contribution in [0.2, 0.25) is 0 Å². The normalized spacial score (nSPS) is 30.2. The molecule has 2 fully saturated rings. The molecule has 0 saturated carbocycles. The van der Waals surface area contributed by atoms with Crippen LogP contribution in [-0.2, 0) is 9.53 Å². The zero-order chi connectivity index (χ0) is 13.7. The van der Waals surface area contributed by atoms with Crippen LogP contribution < -0.4 is 11.1 Å². The highest BCUT2D eigenvalue weighted by Gasteiger charge is 2.26. The van der Waals surface area contributed by atoms with Crippen LogP contribution >= 0.6 is 0 Å². The van der Waals surface area contributed by atoms with E-state index in [9.17, 15) is 4.79 Å². The van der Waals surface area contributed by atoms with Crippen molar-refractivity contribution in [2.75, 3.05) is 39.4 Å². The van der Waals surface area contributed by atoms with Crippen LogP contribution in [0.1, 0.15) is 26.2 Å². The maximum Gasteiger partial charge on any atom is 0.234 e. The van der Waals surface area contributed by atoms with Crippen molar-refractivity contribution < 1.29 is 9.53 Å². The predicted octanol–water partition coefficient (Wildman–Crippen LogP) is 0.198. The fraction of sp³-hybridized carbons (Fsp3) is 0.929. The Labute approximate surface area is 115 Å². The number of carbonyl (C=O) groups is 1. The lowest BCUT2D eigenvalue weighted by Gasteiger charge is -2.36. The van der Waals surface area contributed by atoms with Crippen molar-refractivity contribution in [1.29, 1.82) is 0 Å². The second kappa shape index (κ2) is 7.22. The first-order chi connectivity index (χ1) is 9.19. The summed E-state index contributed by atoms with van der Waals surface area (Å²) in [6.07, 6.45) is 3.00. The topological polar surface area (TPSA) is 67.6 Å². The van der Waals surface area contributed by atoms with E-state index in [2.05, 4.69) is 17.1 Å². The number of amides is 1. The van der Waals surface area contributed by atoms with Gasteiger partial charge < -0.3 is 15.8 Å². The first kappa shape index (κ1) is 14.8. The summed E-state index contributed by atoms with van der Waals surface area (Å²) in [6.45, 7) is 7.05. The van der Waals surface area contributed by atoms with Gasteiger partial charge in [0, 0.05) is 25.8 Å². The van der Waals surface area contributed by atoms with Crippen LogP contribution in [0.4, 0.5) is 0 Å². The smallest absolute Gasteiger partial charge is 0.234 e. The third-order valence-corrected chi connectivity index (χ3v) is 4.42. The number of nitrogens with one attached hydrogen (secondary N) is 1. The van der Waals surface area contributed by atoms with Crippen LogP contribution in [0.25, 0.3) is 0 Å². The Bertz CT molecular complexity index is 292. The van der Waals surface area contributed by atoms with Crippen LogP contribution in [0.5, 0.6) is 0 Å². The highest BCUT2D eigenvalue weighted by atomic mass is 16.5. The van der Waals surface area contributed by atoms with Crippen LogP contribution in [0, 0.1) is 11.8 Å². The average Bonchev–Trinajstić information content (AvgIpc) is 2.40. The van der Waals surface area contributed by atoms with Crippen LogP contribution in [0.3, 0.4) is 0 Å². The number of likely N-dealkylation sites (tertiary alicyclic amines) is 1. The zero-order valence-electron chi connectivity index (χ0n) is 11.9. The van der Waals surface area contributed by atoms with E-state index < -0.39 is 0 Å². The number of nitrogens with zero attached hydrogens (tertiary/aromatic N) is 1. The summed E-state index contributed by atoms with van der Waals surface area (Å²) in [5.74, 6) is 1.37. The van der Waals surface area contributed by atoms with E-state index in [1.54, 1.807) is 0 Å². The van der Waals surface area contributed by atoms with Gasteiger partial charge in [0.1, 0.15) is 0 Å². The fourth-order valence-corrected chi connectivity index (χ4v) is 3.09. The molecule has 0 spiro atoms. The van der Waals surface area contributed by atoms with E-state index >= 15 is 0 Å². The monoisotopic (exact) mass is 269 g/mol. The molecule has 2 saturated heterocycles. The Hall–Kier alpha value is -0.650. The standard InChI is InChI=1S/C14H27N3O2/c1-11-9-17(5-2-12(11)8-15)10-14(18)16-13-3-6-19-7-4-13/h11-13H,2-10,15H2,1H3,(H,16,18). The predicted molar refractivity (Wildman–Crippen MR) is 74.7 cm³/mol. The molecule has 2 aliphatic heterocycles. The number of carbonyl (C=O) groups excluding carboxylic acids is 1. The van der Waals surface area contributed by atoms with Gasteiger partial charge in [0.15, 0.2) is 0 Å². The number of rotatable bonds is 4. The van der Waals surface area contributed by atoms with Gasteiger partial charge in [-0.25, -0.2) is 0 Å². The second-order valence-corrected chi connectivity index (χ2v) is 5.95. The van der Waals surface area contributed by atoms with Gasteiger partial charge >= 0.3 is 0 Å². The Balaban J connectivity index is 1.70. The average molecular weight is 269 g/mol. The van der Waals surface area contributed by atoms with Crippen molar-refractivity contribution in [3.8, 4) is 0 Å². The molecule has 2 atom stereocenters. The zero-order valence-corrected chi connectivity index (χ0v) is 11.9. The van der Waals surface area contributed by atoms with E-state index in [4.69, 9.17) is 10.5 Å². The minimum atomic E-state index is 0.158. The Morgan fingerprint density at radius 2 is 2.11 bits per heavy atom. The van der Waals surface area contributed by atoms with E-state index in [1.807, 2.05) is 0 Å². The van der Waals surface area contributed by atoms with Crippen molar-refractivity contribution in [3.05, 3.63) is 0 Å². The summed E-state index contributed by atoms with van der Waals surface area (Å²) in [5.41, 5.74) is 5.75. The summed E-state index contributed by atoms with van der Waals surface area (Å²) in [5, 5.41) is 3.12. The van der Waals surface area contributed by atoms with Gasteiger partial charge in [0.05, 0.1) is 6.54 Å². The minimum Gasteiger partial charge on any atom is -0.381 e. The molecule has 5 nitrogen and oxygen atoms in total. The summed E-state index contributed by atoms with van der Waals surface area (Å²) in [4.78, 5) is 14.3. The minimum absolute atomic E-state index is 0.158. The largest absolute Gasteiger partial charge is 0.381 e. The highest BCUT2D eigenvalue weighted by molar-refractivity contribution is 5.78. The van der Waals surface area contributed by atoms with E-state index in [0.717, 1.165) is 52.1 Å². The quantitative estimate of drug-likeness (QED) is 0.765. The van der Waals surface area contributed by atoms with Crippen molar-refractivity contribution >= 4 is 5.91 Å². The Kier molecular flexibility index (Phi) is 5.60. The highest BCUT2D eigenvalue weighted by Crippen LogP contribution is 2.21. The molecule has 2 unspecified atom stereocenters. The van der Waals surface area contributed by atoms with Crippen molar-refractivity contribution in [2.45, 2.75) is 32.2 Å². The Morgan fingerprint density at radius 1 is 1.37 bits per heavy atom. The summed E-state index contributed by atoms with van der Waals surface area (Å²) in [6, 6.07) is 0.306. The molecule has 3 N–H and O–H groups in total. The molecule has 1 amide bonds. The molecule has 110 valence electrons. The molecular formula is C14H27N3O2. The van der Waals surface area contributed by atoms with E-state index in [0.29, 0.717) is 24.4 Å². The van der Waals surface area contributed by atoms with Crippen molar-refractivity contribution in [3.63, 3.8) is 0 Å². The molecule has 0 aromatic heterocycles. The molecule has 0 aliphatic carbocycles. The van der Waals surface area contributed by atoms with Crippen molar-refractivity contribution in [2.24, 2.45) is 17.6 Å². The lowest BCUT2D eigenvalue weighted by atomic mass is 9.87. The molecule has 2 aliphatic rings. The molecule has 5 heteroatoms. The van der Waals surface area contributed by atoms with Gasteiger partial charge in [-0.2, -0.15) is 0 Å². The number of hydrogen-bond acceptors (Lipinski definition) is 4. The number of piperidine rings is 1. The lowest BCUT2D eigenvalue weighted by molar-refractivity contribution is -0.124. The van der Waals surface area contributed by atoms with Crippen LogP contribution in [-0.4, -0.2) is 56.2 Å². The molecular weight excluding hydrogens is 242 g/mol. The third kappa shape index (κ3) is 4.44. The van der Waals surface area contributed by atoms with Gasteiger partial charge in [0.25, 0.3) is 0 Å². The molecule has 0 radical (unpaired) electrons. The summed E-state index contributed by atoms with van der Waals surface area (Å²) >= 11 is 0. The maximum atomic E-state index is 12.0. The van der Waals surface area contributed by atoms with Gasteiger partial charge in [-0.3, -0.25) is 9.69 Å². The molecule has 2 rings (SSSR count). The van der Waals surface area contributed by atoms with Gasteiger partial charge in [0.2, 0.25) is 5.91 Å². The molecule has 0 aromatic rings. The number of ether oxygens (including phenoxy) is 1. The summed E-state index contributed by atoms with van der Waals surface area (Å²) in [7, 11) is 0. The first-order valence-electron chi connectivity index (χ1n) is 7.48. The fourth-order valence-electron chi connectivity index (χ4n) is 3.09. The van der Waals surface area contributed by atoms with Crippen molar-refractivity contribution in [1.82, 2.24) is 10.2 Å². The first-order valence-corrected chi connectivity index (χ1v) is 7.48. The van der Waals surface area contributed by atoms with Gasteiger partial charge in [-0.05, 0) is 44.2 Å². The third-order valence-electron chi connectivity index (χ3n) is 4.42. The molecule has 19 heavy (non-hydrogen) atoms. The van der Waals surface area contributed by atoms with Gasteiger partial charge in [-0.1, -0.05) is 6.92 Å². The number of nitrogens with two attached hydrogens (primary N) is 1. The summed E-state index contributed by atoms with van der Waals surface area (Å²) < 4.78 is 5.30. The molecule has 0 bridgehead atoms. The Morgan fingerprint density at radius 3 is 2.74 bits per heavy atom. The maximum absolute atomic E-state index is 12.0. The SMILES string of the molecule is CC1CN(CC(=O)NC2CCOCC2)CCC1CN. The number of hydrogen-bond donors (Lipinski definition) is 2. The van der Waals surface area contributed by atoms with E-state index in [-0.39, 0.29) is 5.91 Å². The lowest BCUT2D eigenvalue weighted by Crippen LogP contribution is -2.48.